The number of rotatable bonds is 1. The maximum absolute atomic E-state index is 11.8. The first-order valence-electron chi connectivity index (χ1n) is 4.91. The van der Waals surface area contributed by atoms with Gasteiger partial charge in [-0.15, -0.1) is 0 Å². The van der Waals surface area contributed by atoms with Gasteiger partial charge in [-0.2, -0.15) is 0 Å². The number of carbonyl (C=O) groups is 1. The molecule has 6 heteroatoms. The number of H-pyrrole nitrogens is 2. The highest BCUT2D eigenvalue weighted by Crippen LogP contribution is 2.20. The van der Waals surface area contributed by atoms with Crippen LogP contribution in [0.15, 0.2) is 29.3 Å². The van der Waals surface area contributed by atoms with Crippen molar-refractivity contribution in [3.8, 4) is 5.88 Å². The van der Waals surface area contributed by atoms with Crippen molar-refractivity contribution >= 4 is 23.7 Å². The molecule has 0 aliphatic carbocycles. The van der Waals surface area contributed by atoms with Crippen molar-refractivity contribution in [3.63, 3.8) is 0 Å². The largest absolute Gasteiger partial charge is 0.493 e. The van der Waals surface area contributed by atoms with Crippen LogP contribution in [0.5, 0.6) is 5.88 Å². The Bertz CT molecular complexity index is 801. The van der Waals surface area contributed by atoms with E-state index in [9.17, 15) is 9.90 Å². The van der Waals surface area contributed by atoms with Crippen LogP contribution in [-0.2, 0) is 4.79 Å². The van der Waals surface area contributed by atoms with Gasteiger partial charge in [0.15, 0.2) is 4.77 Å². The number of imidazole rings is 1. The van der Waals surface area contributed by atoms with Crippen LogP contribution < -0.4 is 10.6 Å². The summed E-state index contributed by atoms with van der Waals surface area (Å²) in [5, 5.41) is 11.0. The summed E-state index contributed by atoms with van der Waals surface area (Å²) in [6, 6.07) is 7.14. The summed E-state index contributed by atoms with van der Waals surface area (Å²) in [6.45, 7) is 0. The Morgan fingerprint density at radius 2 is 2.00 bits per heavy atom. The highest BCUT2D eigenvalue weighted by molar-refractivity contribution is 7.71. The van der Waals surface area contributed by atoms with Gasteiger partial charge in [0, 0.05) is 5.22 Å². The molecule has 1 amide bonds. The van der Waals surface area contributed by atoms with Gasteiger partial charge in [-0.1, -0.05) is 18.2 Å². The van der Waals surface area contributed by atoms with E-state index in [1.807, 2.05) is 6.07 Å². The minimum atomic E-state index is -0.383. The number of fused-ring (bicyclic) bond motifs is 1. The van der Waals surface area contributed by atoms with E-state index in [1.54, 1.807) is 18.2 Å². The van der Waals surface area contributed by atoms with Crippen molar-refractivity contribution < 1.29 is 9.90 Å². The molecule has 1 aliphatic heterocycles. The van der Waals surface area contributed by atoms with E-state index in [2.05, 4.69) is 15.0 Å². The maximum Gasteiger partial charge on any atom is 0.280 e. The monoisotopic (exact) mass is 245 g/mol. The fourth-order valence-electron chi connectivity index (χ4n) is 1.86. The molecule has 0 unspecified atom stereocenters. The first-order chi connectivity index (χ1) is 8.16. The molecule has 0 radical (unpaired) electrons. The number of aromatic amines is 2. The number of aromatic nitrogens is 2. The molecule has 0 atom stereocenters. The minimum Gasteiger partial charge on any atom is -0.493 e. The lowest BCUT2D eigenvalue weighted by atomic mass is 10.1. The molecular weight excluding hydrogens is 238 g/mol. The van der Waals surface area contributed by atoms with E-state index >= 15 is 0 Å². The van der Waals surface area contributed by atoms with E-state index in [0.29, 0.717) is 16.1 Å². The van der Waals surface area contributed by atoms with Crippen LogP contribution in [-0.4, -0.2) is 21.0 Å². The number of benzene rings is 1. The van der Waals surface area contributed by atoms with Gasteiger partial charge >= 0.3 is 0 Å². The number of hydrogen-bond donors (Lipinski definition) is 3. The Morgan fingerprint density at radius 1 is 1.24 bits per heavy atom. The van der Waals surface area contributed by atoms with Crippen molar-refractivity contribution in [2.24, 2.45) is 4.99 Å². The molecule has 17 heavy (non-hydrogen) atoms. The first kappa shape index (κ1) is 9.98. The zero-order chi connectivity index (χ0) is 12.0. The zero-order valence-electron chi connectivity index (χ0n) is 8.52. The topological polar surface area (TPSA) is 81.2 Å². The number of para-hydroxylation sites is 1. The second-order valence-electron chi connectivity index (χ2n) is 3.61. The molecule has 2 heterocycles. The van der Waals surface area contributed by atoms with Gasteiger partial charge < -0.3 is 15.1 Å². The molecule has 0 fully saturated rings. The van der Waals surface area contributed by atoms with Crippen molar-refractivity contribution in [2.45, 2.75) is 0 Å². The third-order valence-corrected chi connectivity index (χ3v) is 2.77. The molecule has 0 bridgehead atoms. The van der Waals surface area contributed by atoms with Gasteiger partial charge in [-0.05, 0) is 18.3 Å². The van der Waals surface area contributed by atoms with Gasteiger partial charge in [0.1, 0.15) is 5.69 Å². The van der Waals surface area contributed by atoms with Gasteiger partial charge in [-0.3, -0.25) is 4.79 Å². The average Bonchev–Trinajstić information content (AvgIpc) is 2.77. The van der Waals surface area contributed by atoms with Crippen LogP contribution in [0.25, 0.3) is 5.57 Å². The second-order valence-corrected chi connectivity index (χ2v) is 4.02. The molecule has 1 aromatic carbocycles. The minimum absolute atomic E-state index is 0.148. The lowest BCUT2D eigenvalue weighted by molar-refractivity contribution is -0.112. The summed E-state index contributed by atoms with van der Waals surface area (Å²) in [4.78, 5) is 21.0. The fourth-order valence-corrected chi connectivity index (χ4v) is 2.06. The lowest BCUT2D eigenvalue weighted by Crippen LogP contribution is -2.22. The van der Waals surface area contributed by atoms with E-state index in [-0.39, 0.29) is 22.3 Å². The van der Waals surface area contributed by atoms with E-state index < -0.39 is 0 Å². The Balaban J connectivity index is 2.44. The van der Waals surface area contributed by atoms with Crippen molar-refractivity contribution in [1.82, 2.24) is 9.97 Å². The maximum atomic E-state index is 11.8. The summed E-state index contributed by atoms with van der Waals surface area (Å²) in [5.74, 6) is -0.531. The summed E-state index contributed by atoms with van der Waals surface area (Å²) in [5.41, 5.74) is 0.624. The molecule has 1 aromatic heterocycles. The highest BCUT2D eigenvalue weighted by Gasteiger charge is 2.22. The number of nitrogens with zero attached hydrogens (tertiary/aromatic N) is 1. The molecular formula is C11H7N3O2S. The van der Waals surface area contributed by atoms with Crippen LogP contribution in [0.1, 0.15) is 5.69 Å². The molecule has 0 saturated carbocycles. The Morgan fingerprint density at radius 3 is 2.71 bits per heavy atom. The summed E-state index contributed by atoms with van der Waals surface area (Å²) >= 11 is 4.87. The Hall–Kier alpha value is -2.21. The Kier molecular flexibility index (Phi) is 1.99. The molecule has 84 valence electrons. The lowest BCUT2D eigenvalue weighted by Gasteiger charge is -1.96. The quantitative estimate of drug-likeness (QED) is 0.625. The van der Waals surface area contributed by atoms with E-state index in [1.165, 1.54) is 0 Å². The predicted octanol–water partition coefficient (Wildman–Crippen LogP) is 0.137. The number of amides is 1. The molecule has 2 aromatic rings. The van der Waals surface area contributed by atoms with Gasteiger partial charge in [-0.25, -0.2) is 4.99 Å². The Labute approximate surface area is 100 Å². The van der Waals surface area contributed by atoms with Crippen LogP contribution >= 0.6 is 12.2 Å². The normalized spacial score (nSPS) is 13.6. The van der Waals surface area contributed by atoms with Crippen molar-refractivity contribution in [1.29, 1.82) is 0 Å². The summed E-state index contributed by atoms with van der Waals surface area (Å²) < 4.78 is 0.266. The molecule has 0 saturated heterocycles. The molecule has 3 N–H and O–H groups in total. The first-order valence-corrected chi connectivity index (χ1v) is 5.31. The third-order valence-electron chi connectivity index (χ3n) is 2.57. The van der Waals surface area contributed by atoms with E-state index in [0.717, 1.165) is 0 Å². The van der Waals surface area contributed by atoms with Crippen molar-refractivity contribution in [2.75, 3.05) is 0 Å². The zero-order valence-corrected chi connectivity index (χ0v) is 9.34. The number of carbonyl (C=O) groups excluding carboxylic acids is 1. The SMILES string of the molecule is O=C1N=c2ccccc2=C1c1[nH]c(=S)[nH]c1O. The van der Waals surface area contributed by atoms with Crippen LogP contribution in [0.2, 0.25) is 0 Å². The molecule has 1 aliphatic rings. The number of aromatic hydroxyl groups is 1. The van der Waals surface area contributed by atoms with Gasteiger partial charge in [0.05, 0.1) is 10.9 Å². The highest BCUT2D eigenvalue weighted by atomic mass is 32.1. The summed E-state index contributed by atoms with van der Waals surface area (Å²) in [7, 11) is 0. The third kappa shape index (κ3) is 1.42. The van der Waals surface area contributed by atoms with Gasteiger partial charge in [0.2, 0.25) is 5.88 Å². The molecule has 0 spiro atoms. The van der Waals surface area contributed by atoms with Crippen LogP contribution in [0.4, 0.5) is 0 Å². The second kappa shape index (κ2) is 3.39. The van der Waals surface area contributed by atoms with Gasteiger partial charge in [0.25, 0.3) is 5.91 Å². The predicted molar refractivity (Wildman–Crippen MR) is 62.4 cm³/mol. The average molecular weight is 245 g/mol. The number of hydrogen-bond acceptors (Lipinski definition) is 3. The van der Waals surface area contributed by atoms with Crippen LogP contribution in [0.3, 0.4) is 0 Å². The van der Waals surface area contributed by atoms with Crippen LogP contribution in [0, 0.1) is 4.77 Å². The molecule has 3 rings (SSSR count). The smallest absolute Gasteiger partial charge is 0.280 e. The van der Waals surface area contributed by atoms with Crippen molar-refractivity contribution in [3.05, 3.63) is 45.3 Å². The van der Waals surface area contributed by atoms with E-state index in [4.69, 9.17) is 12.2 Å². The fraction of sp³-hybridized carbons (Fsp3) is 0. The number of nitrogens with one attached hydrogen (secondary N) is 2. The molecule has 5 nitrogen and oxygen atoms in total. The standard InChI is InChI=1S/C11H7N3O2S/c15-9-7(8-10(16)14-11(17)13-8)5-3-1-2-4-6(5)12-9/h1-4,16H,(H2,13,14,17). The summed E-state index contributed by atoms with van der Waals surface area (Å²) in [6.07, 6.45) is 0.